The first-order valence-corrected chi connectivity index (χ1v) is 11.6. The molecule has 0 radical (unpaired) electrons. The van der Waals surface area contributed by atoms with E-state index in [1.165, 1.54) is 0 Å². The lowest BCUT2D eigenvalue weighted by molar-refractivity contribution is 0.0599. The Morgan fingerprint density at radius 3 is 2.66 bits per heavy atom. The average molecular weight is 468 g/mol. The van der Waals surface area contributed by atoms with E-state index in [2.05, 4.69) is 10.3 Å². The number of fused-ring (bicyclic) bond motifs is 1. The molecular formula is C24H22ClN3O3S. The Labute approximate surface area is 195 Å². The van der Waals surface area contributed by atoms with Crippen LogP contribution in [0.3, 0.4) is 0 Å². The SMILES string of the molecule is COc1ccc(-c2nc(CN3CCN(C(=O)c4cc5cc(Cl)ccc5o4)CC3)cs2)cc1. The summed E-state index contributed by atoms with van der Waals surface area (Å²) in [5.74, 6) is 1.12. The first-order chi connectivity index (χ1) is 15.6. The maximum atomic E-state index is 12.9. The van der Waals surface area contributed by atoms with E-state index in [0.29, 0.717) is 29.5 Å². The predicted octanol–water partition coefficient (Wildman–Crippen LogP) is 5.18. The molecule has 0 N–H and O–H groups in total. The van der Waals surface area contributed by atoms with Crippen LogP contribution in [0, 0.1) is 0 Å². The van der Waals surface area contributed by atoms with Gasteiger partial charge in [0.15, 0.2) is 5.76 Å². The van der Waals surface area contributed by atoms with Gasteiger partial charge in [0, 0.05) is 54.1 Å². The quantitative estimate of drug-likeness (QED) is 0.405. The third-order valence-corrected chi connectivity index (χ3v) is 6.80. The summed E-state index contributed by atoms with van der Waals surface area (Å²) in [5, 5.41) is 4.58. The molecule has 0 atom stereocenters. The van der Waals surface area contributed by atoms with Crippen LogP contribution in [-0.2, 0) is 6.54 Å². The van der Waals surface area contributed by atoms with Gasteiger partial charge in [0.25, 0.3) is 5.91 Å². The number of amides is 1. The number of halogens is 1. The third kappa shape index (κ3) is 4.37. The highest BCUT2D eigenvalue weighted by atomic mass is 35.5. The molecule has 1 aliphatic rings. The number of ether oxygens (including phenoxy) is 1. The molecule has 3 heterocycles. The molecule has 8 heteroatoms. The summed E-state index contributed by atoms with van der Waals surface area (Å²) in [6.45, 7) is 3.69. The maximum absolute atomic E-state index is 12.9. The molecule has 32 heavy (non-hydrogen) atoms. The van der Waals surface area contributed by atoms with Gasteiger partial charge in [0.2, 0.25) is 0 Å². The van der Waals surface area contributed by atoms with Crippen LogP contribution in [0.15, 0.2) is 58.3 Å². The smallest absolute Gasteiger partial charge is 0.289 e. The van der Waals surface area contributed by atoms with E-state index in [9.17, 15) is 4.79 Å². The van der Waals surface area contributed by atoms with Crippen LogP contribution in [-0.4, -0.2) is 54.0 Å². The van der Waals surface area contributed by atoms with Crippen LogP contribution in [0.4, 0.5) is 0 Å². The number of piperazine rings is 1. The maximum Gasteiger partial charge on any atom is 0.289 e. The van der Waals surface area contributed by atoms with Gasteiger partial charge in [0.05, 0.1) is 12.8 Å². The number of benzene rings is 2. The van der Waals surface area contributed by atoms with E-state index in [1.807, 2.05) is 35.2 Å². The van der Waals surface area contributed by atoms with E-state index < -0.39 is 0 Å². The number of aromatic nitrogens is 1. The Hall–Kier alpha value is -2.87. The third-order valence-electron chi connectivity index (χ3n) is 5.62. The highest BCUT2D eigenvalue weighted by molar-refractivity contribution is 7.13. The fourth-order valence-electron chi connectivity index (χ4n) is 3.86. The zero-order valence-electron chi connectivity index (χ0n) is 17.6. The number of furan rings is 1. The van der Waals surface area contributed by atoms with Gasteiger partial charge in [-0.3, -0.25) is 9.69 Å². The van der Waals surface area contributed by atoms with Crippen LogP contribution < -0.4 is 4.74 Å². The number of hydrogen-bond acceptors (Lipinski definition) is 6. The van der Waals surface area contributed by atoms with Gasteiger partial charge in [-0.1, -0.05) is 11.6 Å². The number of methoxy groups -OCH3 is 1. The first kappa shape index (κ1) is 21.0. The number of rotatable bonds is 5. The van der Waals surface area contributed by atoms with Gasteiger partial charge >= 0.3 is 0 Å². The Bertz CT molecular complexity index is 1240. The molecule has 4 aromatic rings. The van der Waals surface area contributed by atoms with Crippen molar-refractivity contribution in [1.29, 1.82) is 0 Å². The summed E-state index contributed by atoms with van der Waals surface area (Å²) in [4.78, 5) is 21.9. The minimum Gasteiger partial charge on any atom is -0.497 e. The van der Waals surface area contributed by atoms with Crippen molar-refractivity contribution in [3.8, 4) is 16.3 Å². The Morgan fingerprint density at radius 2 is 1.91 bits per heavy atom. The lowest BCUT2D eigenvalue weighted by Gasteiger charge is -2.33. The highest BCUT2D eigenvalue weighted by Crippen LogP contribution is 2.27. The van der Waals surface area contributed by atoms with E-state index in [4.69, 9.17) is 25.7 Å². The topological polar surface area (TPSA) is 58.8 Å². The van der Waals surface area contributed by atoms with Gasteiger partial charge in [-0.2, -0.15) is 0 Å². The van der Waals surface area contributed by atoms with Gasteiger partial charge in [0.1, 0.15) is 16.3 Å². The van der Waals surface area contributed by atoms with Crippen molar-refractivity contribution in [1.82, 2.24) is 14.8 Å². The van der Waals surface area contributed by atoms with Gasteiger partial charge in [-0.15, -0.1) is 11.3 Å². The molecule has 0 unspecified atom stereocenters. The van der Waals surface area contributed by atoms with Crippen LogP contribution in [0.2, 0.25) is 5.02 Å². The summed E-state index contributed by atoms with van der Waals surface area (Å²) in [6, 6.07) is 15.1. The molecule has 5 rings (SSSR count). The Morgan fingerprint density at radius 1 is 1.12 bits per heavy atom. The van der Waals surface area contributed by atoms with Crippen molar-refractivity contribution in [3.05, 3.63) is 70.4 Å². The number of carbonyl (C=O) groups is 1. The summed E-state index contributed by atoms with van der Waals surface area (Å²) < 4.78 is 11.0. The molecule has 1 fully saturated rings. The standard InChI is InChI=1S/C24H22ClN3O3S/c1-30-20-5-2-16(3-6-20)23-26-19(15-32-23)14-27-8-10-28(11-9-27)24(29)22-13-17-12-18(25)4-7-21(17)31-22/h2-7,12-13,15H,8-11,14H2,1H3. The van der Waals surface area contributed by atoms with Gasteiger partial charge in [-0.25, -0.2) is 4.98 Å². The molecule has 1 saturated heterocycles. The lowest BCUT2D eigenvalue weighted by Crippen LogP contribution is -2.48. The highest BCUT2D eigenvalue weighted by Gasteiger charge is 2.25. The van der Waals surface area contributed by atoms with Crippen LogP contribution in [0.25, 0.3) is 21.5 Å². The average Bonchev–Trinajstić information content (AvgIpc) is 3.46. The molecule has 0 aliphatic carbocycles. The normalized spacial score (nSPS) is 14.8. The molecule has 2 aromatic heterocycles. The molecule has 0 saturated carbocycles. The van der Waals surface area contributed by atoms with Crippen molar-refractivity contribution in [2.24, 2.45) is 0 Å². The second-order valence-corrected chi connectivity index (χ2v) is 9.03. The zero-order chi connectivity index (χ0) is 22.1. The fourth-order valence-corrected chi connectivity index (χ4v) is 4.86. The molecule has 0 bridgehead atoms. The monoisotopic (exact) mass is 467 g/mol. The molecular weight excluding hydrogens is 446 g/mol. The molecule has 6 nitrogen and oxygen atoms in total. The van der Waals surface area contributed by atoms with Crippen molar-refractivity contribution in [2.75, 3.05) is 33.3 Å². The van der Waals surface area contributed by atoms with Crippen LogP contribution in [0.5, 0.6) is 5.75 Å². The van der Waals surface area contributed by atoms with Crippen molar-refractivity contribution in [3.63, 3.8) is 0 Å². The number of thiazole rings is 1. The predicted molar refractivity (Wildman–Crippen MR) is 127 cm³/mol. The number of nitrogens with zero attached hydrogens (tertiary/aromatic N) is 3. The van der Waals surface area contributed by atoms with Crippen molar-refractivity contribution >= 4 is 39.8 Å². The second kappa shape index (κ2) is 8.94. The zero-order valence-corrected chi connectivity index (χ0v) is 19.2. The van der Waals surface area contributed by atoms with Crippen LogP contribution in [0.1, 0.15) is 16.2 Å². The van der Waals surface area contributed by atoms with Gasteiger partial charge < -0.3 is 14.1 Å². The van der Waals surface area contributed by atoms with E-state index in [1.54, 1.807) is 36.6 Å². The van der Waals surface area contributed by atoms with Crippen LogP contribution >= 0.6 is 22.9 Å². The van der Waals surface area contributed by atoms with E-state index in [0.717, 1.165) is 47.0 Å². The van der Waals surface area contributed by atoms with Gasteiger partial charge in [-0.05, 0) is 48.5 Å². The molecule has 1 aliphatic heterocycles. The summed E-state index contributed by atoms with van der Waals surface area (Å²) in [5.41, 5.74) is 2.81. The Kier molecular flexibility index (Phi) is 5.87. The number of hydrogen-bond donors (Lipinski definition) is 0. The summed E-state index contributed by atoms with van der Waals surface area (Å²) in [7, 11) is 1.66. The minimum absolute atomic E-state index is 0.0765. The van der Waals surface area contributed by atoms with E-state index in [-0.39, 0.29) is 5.91 Å². The molecule has 164 valence electrons. The lowest BCUT2D eigenvalue weighted by atomic mass is 10.2. The van der Waals surface area contributed by atoms with Crippen molar-refractivity contribution < 1.29 is 13.9 Å². The number of carbonyl (C=O) groups excluding carboxylic acids is 1. The fraction of sp³-hybridized carbons (Fsp3) is 0.250. The van der Waals surface area contributed by atoms with Crippen molar-refractivity contribution in [2.45, 2.75) is 6.54 Å². The minimum atomic E-state index is -0.0765. The summed E-state index contributed by atoms with van der Waals surface area (Å²) in [6.07, 6.45) is 0. The largest absolute Gasteiger partial charge is 0.497 e. The first-order valence-electron chi connectivity index (χ1n) is 10.4. The molecule has 2 aromatic carbocycles. The second-order valence-electron chi connectivity index (χ2n) is 7.73. The van der Waals surface area contributed by atoms with E-state index >= 15 is 0 Å². The molecule has 1 amide bonds. The Balaban J connectivity index is 1.18. The molecule has 0 spiro atoms. The summed E-state index contributed by atoms with van der Waals surface area (Å²) >= 11 is 7.68.